The lowest BCUT2D eigenvalue weighted by molar-refractivity contribution is -0.120. The number of anilines is 1. The number of carbonyl (C=O) groups is 2. The van der Waals surface area contributed by atoms with E-state index >= 15 is 0 Å². The van der Waals surface area contributed by atoms with Crippen LogP contribution in [0, 0.1) is 0 Å². The number of nitrogens with zero attached hydrogens (tertiary/aromatic N) is 2. The summed E-state index contributed by atoms with van der Waals surface area (Å²) in [6, 6.07) is 8.98. The van der Waals surface area contributed by atoms with Crippen LogP contribution in [0.4, 0.5) is 9.93 Å². The van der Waals surface area contributed by atoms with Crippen LogP contribution in [0.5, 0.6) is 0 Å². The van der Waals surface area contributed by atoms with Crippen LogP contribution < -0.4 is 5.32 Å². The van der Waals surface area contributed by atoms with Crippen LogP contribution in [0.3, 0.4) is 0 Å². The third-order valence-corrected chi connectivity index (χ3v) is 4.35. The molecule has 2 aromatic rings. The summed E-state index contributed by atoms with van der Waals surface area (Å²) in [7, 11) is 0. The molecule has 1 N–H and O–H groups in total. The second kappa shape index (κ2) is 7.23. The van der Waals surface area contributed by atoms with Crippen molar-refractivity contribution in [3.8, 4) is 0 Å². The van der Waals surface area contributed by atoms with Crippen molar-refractivity contribution >= 4 is 28.5 Å². The average molecular weight is 331 g/mol. The zero-order chi connectivity index (χ0) is 16.1. The Bertz CT molecular complexity index is 660. The van der Waals surface area contributed by atoms with Gasteiger partial charge in [-0.15, -0.1) is 11.3 Å². The SMILES string of the molecule is O=C(Nc1nccs1)C1CCCN1C(=O)OCc1ccccc1. The van der Waals surface area contributed by atoms with Crippen molar-refractivity contribution in [2.45, 2.75) is 25.5 Å². The van der Waals surface area contributed by atoms with Crippen molar-refractivity contribution < 1.29 is 14.3 Å². The smallest absolute Gasteiger partial charge is 0.410 e. The molecule has 1 aromatic carbocycles. The number of rotatable bonds is 4. The summed E-state index contributed by atoms with van der Waals surface area (Å²) in [5, 5.41) is 5.07. The first-order chi connectivity index (χ1) is 11.2. The zero-order valence-electron chi connectivity index (χ0n) is 12.5. The average Bonchev–Trinajstić information content (AvgIpc) is 3.24. The van der Waals surface area contributed by atoms with Crippen LogP contribution in [-0.4, -0.2) is 34.5 Å². The lowest BCUT2D eigenvalue weighted by Crippen LogP contribution is -2.43. The molecule has 1 aliphatic rings. The predicted molar refractivity (Wildman–Crippen MR) is 87.1 cm³/mol. The monoisotopic (exact) mass is 331 g/mol. The first-order valence-corrected chi connectivity index (χ1v) is 8.29. The fraction of sp³-hybridized carbons (Fsp3) is 0.312. The number of amides is 2. The van der Waals surface area contributed by atoms with E-state index in [1.165, 1.54) is 16.2 Å². The third kappa shape index (κ3) is 3.87. The quantitative estimate of drug-likeness (QED) is 0.935. The Morgan fingerprint density at radius 1 is 1.35 bits per heavy atom. The number of ether oxygens (including phenoxy) is 1. The second-order valence-electron chi connectivity index (χ2n) is 5.22. The van der Waals surface area contributed by atoms with Gasteiger partial charge in [0.15, 0.2) is 5.13 Å². The molecule has 0 radical (unpaired) electrons. The molecule has 1 fully saturated rings. The van der Waals surface area contributed by atoms with E-state index in [1.807, 2.05) is 30.3 Å². The normalized spacial score (nSPS) is 17.0. The lowest BCUT2D eigenvalue weighted by atomic mass is 10.2. The fourth-order valence-corrected chi connectivity index (χ4v) is 3.07. The van der Waals surface area contributed by atoms with E-state index in [4.69, 9.17) is 4.74 Å². The van der Waals surface area contributed by atoms with Gasteiger partial charge in [-0.1, -0.05) is 30.3 Å². The van der Waals surface area contributed by atoms with Crippen molar-refractivity contribution in [1.29, 1.82) is 0 Å². The van der Waals surface area contributed by atoms with E-state index in [2.05, 4.69) is 10.3 Å². The maximum Gasteiger partial charge on any atom is 0.410 e. The van der Waals surface area contributed by atoms with E-state index in [1.54, 1.807) is 11.6 Å². The van der Waals surface area contributed by atoms with Crippen molar-refractivity contribution in [2.24, 2.45) is 0 Å². The number of hydrogen-bond acceptors (Lipinski definition) is 5. The molecule has 1 aliphatic heterocycles. The highest BCUT2D eigenvalue weighted by atomic mass is 32.1. The maximum atomic E-state index is 12.3. The van der Waals surface area contributed by atoms with Gasteiger partial charge in [-0.25, -0.2) is 9.78 Å². The molecule has 1 atom stereocenters. The Balaban J connectivity index is 1.57. The first kappa shape index (κ1) is 15.5. The van der Waals surface area contributed by atoms with Crippen LogP contribution >= 0.6 is 11.3 Å². The minimum atomic E-state index is -0.498. The molecular weight excluding hydrogens is 314 g/mol. The molecule has 0 aliphatic carbocycles. The highest BCUT2D eigenvalue weighted by molar-refractivity contribution is 7.13. The molecule has 120 valence electrons. The number of aromatic nitrogens is 1. The minimum absolute atomic E-state index is 0.205. The molecule has 2 amide bonds. The number of hydrogen-bond donors (Lipinski definition) is 1. The Morgan fingerprint density at radius 3 is 2.91 bits per heavy atom. The van der Waals surface area contributed by atoms with E-state index < -0.39 is 12.1 Å². The highest BCUT2D eigenvalue weighted by Gasteiger charge is 2.35. The van der Waals surface area contributed by atoms with Gasteiger partial charge in [-0.2, -0.15) is 0 Å². The summed E-state index contributed by atoms with van der Waals surface area (Å²) < 4.78 is 5.32. The third-order valence-electron chi connectivity index (χ3n) is 3.66. The van der Waals surface area contributed by atoms with E-state index in [0.29, 0.717) is 18.1 Å². The molecular formula is C16H17N3O3S. The van der Waals surface area contributed by atoms with Crippen molar-refractivity contribution in [1.82, 2.24) is 9.88 Å². The maximum absolute atomic E-state index is 12.3. The van der Waals surface area contributed by atoms with Gasteiger partial charge in [0.2, 0.25) is 5.91 Å². The molecule has 6 nitrogen and oxygen atoms in total. The van der Waals surface area contributed by atoms with Gasteiger partial charge in [0.1, 0.15) is 12.6 Å². The molecule has 0 saturated carbocycles. The van der Waals surface area contributed by atoms with Gasteiger partial charge in [-0.3, -0.25) is 9.69 Å². The standard InChI is InChI=1S/C16H17N3O3S/c20-14(18-15-17-8-10-23-15)13-7-4-9-19(13)16(21)22-11-12-5-2-1-3-6-12/h1-3,5-6,8,10,13H,4,7,9,11H2,(H,17,18,20). The van der Waals surface area contributed by atoms with Crippen molar-refractivity contribution in [3.05, 3.63) is 47.5 Å². The molecule has 0 bridgehead atoms. The number of nitrogens with one attached hydrogen (secondary N) is 1. The Labute approximate surface area is 138 Å². The van der Waals surface area contributed by atoms with Crippen LogP contribution in [0.2, 0.25) is 0 Å². The van der Waals surface area contributed by atoms with Crippen LogP contribution in [0.25, 0.3) is 0 Å². The van der Waals surface area contributed by atoms with Crippen LogP contribution in [0.1, 0.15) is 18.4 Å². The lowest BCUT2D eigenvalue weighted by Gasteiger charge is -2.22. The minimum Gasteiger partial charge on any atom is -0.445 e. The first-order valence-electron chi connectivity index (χ1n) is 7.42. The molecule has 23 heavy (non-hydrogen) atoms. The Kier molecular flexibility index (Phi) is 4.87. The van der Waals surface area contributed by atoms with E-state index in [-0.39, 0.29) is 12.5 Å². The molecule has 3 rings (SSSR count). The molecule has 1 aromatic heterocycles. The van der Waals surface area contributed by atoms with E-state index in [9.17, 15) is 9.59 Å². The van der Waals surface area contributed by atoms with Gasteiger partial charge in [0, 0.05) is 18.1 Å². The van der Waals surface area contributed by atoms with E-state index in [0.717, 1.165) is 12.0 Å². The topological polar surface area (TPSA) is 71.5 Å². The van der Waals surface area contributed by atoms with Crippen LogP contribution in [0.15, 0.2) is 41.9 Å². The summed E-state index contributed by atoms with van der Waals surface area (Å²) >= 11 is 1.35. The molecule has 2 heterocycles. The fourth-order valence-electron chi connectivity index (χ4n) is 2.53. The van der Waals surface area contributed by atoms with Crippen molar-refractivity contribution in [3.63, 3.8) is 0 Å². The number of likely N-dealkylation sites (tertiary alicyclic amines) is 1. The number of thiazole rings is 1. The van der Waals surface area contributed by atoms with Crippen LogP contribution in [-0.2, 0) is 16.1 Å². The predicted octanol–water partition coefficient (Wildman–Crippen LogP) is 2.88. The highest BCUT2D eigenvalue weighted by Crippen LogP contribution is 2.21. The summed E-state index contributed by atoms with van der Waals surface area (Å²) in [5.74, 6) is -0.214. The van der Waals surface area contributed by atoms with Gasteiger partial charge in [-0.05, 0) is 18.4 Å². The molecule has 1 saturated heterocycles. The summed E-state index contributed by atoms with van der Waals surface area (Å²) in [4.78, 5) is 30.1. The van der Waals surface area contributed by atoms with Gasteiger partial charge < -0.3 is 10.1 Å². The number of carbonyl (C=O) groups excluding carboxylic acids is 2. The molecule has 7 heteroatoms. The summed E-state index contributed by atoms with van der Waals surface area (Å²) in [6.45, 7) is 0.737. The Morgan fingerprint density at radius 2 is 2.17 bits per heavy atom. The molecule has 1 unspecified atom stereocenters. The Hall–Kier alpha value is -2.41. The number of benzene rings is 1. The largest absolute Gasteiger partial charge is 0.445 e. The summed E-state index contributed by atoms with van der Waals surface area (Å²) in [6.07, 6.45) is 2.60. The van der Waals surface area contributed by atoms with Gasteiger partial charge >= 0.3 is 6.09 Å². The summed E-state index contributed by atoms with van der Waals surface area (Å²) in [5.41, 5.74) is 0.920. The zero-order valence-corrected chi connectivity index (χ0v) is 13.3. The molecule has 0 spiro atoms. The van der Waals surface area contributed by atoms with Gasteiger partial charge in [0.25, 0.3) is 0 Å². The van der Waals surface area contributed by atoms with Gasteiger partial charge in [0.05, 0.1) is 0 Å². The van der Waals surface area contributed by atoms with Crippen molar-refractivity contribution in [2.75, 3.05) is 11.9 Å². The second-order valence-corrected chi connectivity index (χ2v) is 6.11.